The van der Waals surface area contributed by atoms with Crippen molar-refractivity contribution in [1.82, 2.24) is 0 Å². The predicted molar refractivity (Wildman–Crippen MR) is 69.5 cm³/mol. The van der Waals surface area contributed by atoms with Crippen molar-refractivity contribution in [3.63, 3.8) is 0 Å². The van der Waals surface area contributed by atoms with Gasteiger partial charge in [-0.15, -0.1) is 0 Å². The number of anilines is 2. The molecule has 0 unspecified atom stereocenters. The third kappa shape index (κ3) is 2.33. The topological polar surface area (TPSA) is 43.4 Å². The summed E-state index contributed by atoms with van der Waals surface area (Å²) in [5.41, 5.74) is -0.257. The van der Waals surface area contributed by atoms with Gasteiger partial charge in [0.2, 0.25) is 0 Å². The number of carboxylic acid groups (broad SMARTS) is 1. The molecule has 1 aliphatic rings. The second kappa shape index (κ2) is 4.70. The third-order valence-electron chi connectivity index (χ3n) is 3.04. The zero-order valence-electron chi connectivity index (χ0n) is 10.3. The van der Waals surface area contributed by atoms with E-state index < -0.39 is 17.8 Å². The number of rotatable bonds is 0. The van der Waals surface area contributed by atoms with Crippen LogP contribution in [0.2, 0.25) is 0 Å². The maximum atomic E-state index is 12.8. The van der Waals surface area contributed by atoms with E-state index in [0.717, 1.165) is 34.9 Å². The minimum atomic E-state index is -4.47. The molecule has 1 heterocycles. The van der Waals surface area contributed by atoms with Gasteiger partial charge in [0.05, 0.1) is 16.9 Å². The zero-order valence-corrected chi connectivity index (χ0v) is 11.2. The summed E-state index contributed by atoms with van der Waals surface area (Å²) >= 11 is 1.10. The highest BCUT2D eigenvalue weighted by molar-refractivity contribution is 7.99. The fourth-order valence-corrected chi connectivity index (χ4v) is 3.23. The Bertz CT molecular complexity index is 730. The van der Waals surface area contributed by atoms with E-state index in [4.69, 9.17) is 0 Å². The van der Waals surface area contributed by atoms with Crippen molar-refractivity contribution in [2.24, 2.45) is 0 Å². The summed E-state index contributed by atoms with van der Waals surface area (Å²) in [5, 5.41) is 11.3. The number of amides is 1. The van der Waals surface area contributed by atoms with Gasteiger partial charge in [-0.2, -0.15) is 13.2 Å². The van der Waals surface area contributed by atoms with Crippen LogP contribution < -0.4 is 10.0 Å². The molecule has 0 N–H and O–H groups in total. The van der Waals surface area contributed by atoms with E-state index in [9.17, 15) is 23.1 Å². The second-order valence-electron chi connectivity index (χ2n) is 4.35. The molecule has 0 radical (unpaired) electrons. The maximum Gasteiger partial charge on any atom is 0.416 e. The van der Waals surface area contributed by atoms with Crippen LogP contribution in [0.25, 0.3) is 0 Å². The van der Waals surface area contributed by atoms with E-state index in [1.807, 2.05) is 0 Å². The summed E-state index contributed by atoms with van der Waals surface area (Å²) in [6.07, 6.45) is -5.96. The Morgan fingerprint density at radius 1 is 1.05 bits per heavy atom. The number of nitrogens with zero attached hydrogens (tertiary/aromatic N) is 1. The number of hydrogen-bond donors (Lipinski definition) is 0. The van der Waals surface area contributed by atoms with Gasteiger partial charge in [0.25, 0.3) is 0 Å². The lowest BCUT2D eigenvalue weighted by Gasteiger charge is -2.33. The Kier molecular flexibility index (Phi) is 3.09. The van der Waals surface area contributed by atoms with Crippen LogP contribution in [-0.2, 0) is 6.18 Å². The Morgan fingerprint density at radius 2 is 1.71 bits per heavy atom. The fraction of sp³-hybridized carbons (Fsp3) is 0.0714. The molecule has 1 amide bonds. The molecule has 0 aromatic heterocycles. The molecular weight excluding hydrogens is 303 g/mol. The smallest absolute Gasteiger partial charge is 0.416 e. The first kappa shape index (κ1) is 13.8. The van der Waals surface area contributed by atoms with Crippen LogP contribution in [0.1, 0.15) is 5.56 Å². The summed E-state index contributed by atoms with van der Waals surface area (Å²) < 4.78 is 38.3. The molecule has 108 valence electrons. The first-order chi connectivity index (χ1) is 9.88. The zero-order chi connectivity index (χ0) is 15.2. The Hall–Kier alpha value is -2.15. The van der Waals surface area contributed by atoms with Crippen LogP contribution in [0.15, 0.2) is 52.3 Å². The van der Waals surface area contributed by atoms with Crippen molar-refractivity contribution in [1.29, 1.82) is 0 Å². The van der Waals surface area contributed by atoms with E-state index in [1.165, 1.54) is 0 Å². The summed E-state index contributed by atoms with van der Waals surface area (Å²) in [5.74, 6) is 0. The van der Waals surface area contributed by atoms with Gasteiger partial charge < -0.3 is 9.90 Å². The summed E-state index contributed by atoms with van der Waals surface area (Å²) in [6.45, 7) is 0. The minimum Gasteiger partial charge on any atom is -0.529 e. The molecule has 0 saturated heterocycles. The van der Waals surface area contributed by atoms with Gasteiger partial charge >= 0.3 is 6.18 Å². The van der Waals surface area contributed by atoms with Crippen LogP contribution in [0.3, 0.4) is 0 Å². The molecule has 7 heteroatoms. The average molecular weight is 310 g/mol. The largest absolute Gasteiger partial charge is 0.529 e. The van der Waals surface area contributed by atoms with Crippen molar-refractivity contribution < 1.29 is 23.1 Å². The van der Waals surface area contributed by atoms with Crippen molar-refractivity contribution in [2.75, 3.05) is 4.90 Å². The lowest BCUT2D eigenvalue weighted by Crippen LogP contribution is -2.39. The van der Waals surface area contributed by atoms with Gasteiger partial charge in [-0.05, 0) is 30.3 Å². The number of carbonyl (C=O) groups is 1. The number of hydrogen-bond acceptors (Lipinski definition) is 3. The normalized spacial score (nSPS) is 13.6. The fourth-order valence-electron chi connectivity index (χ4n) is 2.13. The van der Waals surface area contributed by atoms with Gasteiger partial charge in [0, 0.05) is 9.79 Å². The number of para-hydroxylation sites is 1. The molecule has 3 nitrogen and oxygen atoms in total. The van der Waals surface area contributed by atoms with E-state index >= 15 is 0 Å². The quantitative estimate of drug-likeness (QED) is 0.746. The van der Waals surface area contributed by atoms with Crippen molar-refractivity contribution in [2.45, 2.75) is 16.0 Å². The molecule has 0 bridgehead atoms. The molecule has 2 aromatic rings. The summed E-state index contributed by atoms with van der Waals surface area (Å²) in [6, 6.07) is 9.55. The molecule has 21 heavy (non-hydrogen) atoms. The number of alkyl halides is 3. The number of benzene rings is 2. The second-order valence-corrected chi connectivity index (χ2v) is 5.44. The molecule has 0 spiro atoms. The van der Waals surface area contributed by atoms with Crippen LogP contribution >= 0.6 is 11.8 Å². The first-order valence-corrected chi connectivity index (χ1v) is 6.69. The standard InChI is InChI=1S/C14H8F3NO2S/c15-14(16,17)8-5-6-10-12(7-8)21-11-4-2-1-3-9(11)18(10)13(19)20/h1-7H,(H,19,20)/p-1. The van der Waals surface area contributed by atoms with E-state index in [2.05, 4.69) is 0 Å². The van der Waals surface area contributed by atoms with Gasteiger partial charge in [-0.25, -0.2) is 0 Å². The molecule has 2 aromatic carbocycles. The van der Waals surface area contributed by atoms with Crippen molar-refractivity contribution >= 4 is 29.2 Å². The lowest BCUT2D eigenvalue weighted by atomic mass is 10.1. The average Bonchev–Trinajstić information content (AvgIpc) is 2.42. The lowest BCUT2D eigenvalue weighted by molar-refractivity contribution is -0.245. The van der Waals surface area contributed by atoms with Gasteiger partial charge in [0.15, 0.2) is 0 Å². The molecule has 1 aliphatic heterocycles. The number of fused-ring (bicyclic) bond motifs is 2. The van der Waals surface area contributed by atoms with Gasteiger partial charge in [-0.1, -0.05) is 23.9 Å². The van der Waals surface area contributed by atoms with Crippen LogP contribution in [0, 0.1) is 0 Å². The molecule has 0 aliphatic carbocycles. The molecule has 0 saturated carbocycles. The summed E-state index contributed by atoms with van der Waals surface area (Å²) in [7, 11) is 0. The Balaban J connectivity index is 2.17. The number of halogens is 3. The highest BCUT2D eigenvalue weighted by Gasteiger charge is 2.33. The van der Waals surface area contributed by atoms with E-state index in [1.54, 1.807) is 24.3 Å². The minimum absolute atomic E-state index is 0.173. The molecule has 0 atom stereocenters. The van der Waals surface area contributed by atoms with E-state index in [0.29, 0.717) is 10.6 Å². The molecule has 0 fully saturated rings. The maximum absolute atomic E-state index is 12.8. The highest BCUT2D eigenvalue weighted by atomic mass is 32.2. The van der Waals surface area contributed by atoms with Crippen LogP contribution in [-0.4, -0.2) is 6.09 Å². The van der Waals surface area contributed by atoms with E-state index in [-0.39, 0.29) is 10.6 Å². The first-order valence-electron chi connectivity index (χ1n) is 5.87. The summed E-state index contributed by atoms with van der Waals surface area (Å²) in [4.78, 5) is 13.0. The van der Waals surface area contributed by atoms with Crippen LogP contribution in [0.4, 0.5) is 29.3 Å². The highest BCUT2D eigenvalue weighted by Crippen LogP contribution is 2.49. The SMILES string of the molecule is O=C([O-])N1c2ccccc2Sc2cc(C(F)(F)F)ccc21. The number of carbonyl (C=O) groups excluding carboxylic acids is 1. The van der Waals surface area contributed by atoms with Crippen LogP contribution in [0.5, 0.6) is 0 Å². The molecular formula is C14H7F3NO2S-. The Morgan fingerprint density at radius 3 is 2.38 bits per heavy atom. The van der Waals surface area contributed by atoms with Crippen molar-refractivity contribution in [3.8, 4) is 0 Å². The molecule has 3 rings (SSSR count). The predicted octanol–water partition coefficient (Wildman–Crippen LogP) is 3.65. The van der Waals surface area contributed by atoms with Gasteiger partial charge in [0.1, 0.15) is 6.09 Å². The van der Waals surface area contributed by atoms with Gasteiger partial charge in [-0.3, -0.25) is 4.90 Å². The monoisotopic (exact) mass is 310 g/mol. The van der Waals surface area contributed by atoms with Crippen molar-refractivity contribution in [3.05, 3.63) is 48.0 Å². The third-order valence-corrected chi connectivity index (χ3v) is 4.15. The Labute approximate surface area is 122 Å².